The Bertz CT molecular complexity index is 2920. The van der Waals surface area contributed by atoms with Crippen molar-refractivity contribution < 1.29 is 110 Å². The zero-order chi connectivity index (χ0) is 54.3. The fourth-order valence-corrected chi connectivity index (χ4v) is 6.62. The van der Waals surface area contributed by atoms with Gasteiger partial charge >= 0.3 is 55.5 Å². The molecular formula is C44H25F14N7O6RuS2. The van der Waals surface area contributed by atoms with Crippen LogP contribution < -0.4 is 5.10 Å². The van der Waals surface area contributed by atoms with Crippen LogP contribution in [0.3, 0.4) is 0 Å². The number of carbonyl (C=O) groups is 3. The summed E-state index contributed by atoms with van der Waals surface area (Å²) in [4.78, 5) is 47.9. The zero-order valence-corrected chi connectivity index (χ0v) is 39.4. The molecule has 0 spiro atoms. The van der Waals surface area contributed by atoms with Gasteiger partial charge in [-0.05, 0) is 112 Å². The van der Waals surface area contributed by atoms with Gasteiger partial charge in [-0.15, -0.1) is 11.3 Å². The Morgan fingerprint density at radius 2 is 1.07 bits per heavy atom. The van der Waals surface area contributed by atoms with E-state index in [1.54, 1.807) is 67.0 Å². The normalized spacial score (nSPS) is 12.2. The number of hydrogen-bond acceptors (Lipinski definition) is 13. The molecule has 74 heavy (non-hydrogen) atoms. The molecule has 0 unspecified atom stereocenters. The van der Waals surface area contributed by atoms with Crippen molar-refractivity contribution in [1.29, 1.82) is 0 Å². The third-order valence-electron chi connectivity index (χ3n) is 9.00. The summed E-state index contributed by atoms with van der Waals surface area (Å²) in [5, 5.41) is 15.6. The number of rotatable bonds is 18. The SMILES string of the molecule is FC(F)(F)c1cc(-c2cc(-c3sccc3CC(F)(F)C(F)(F)C(F)(F)C(F)(F)C(F)(F)F)ccn2)[n-]n1.O=CO/C=C/c1ccnc(-c2cc(/C=C/OC=O)cc(-c3cc(/C=C/OC=O)ccn3)n2)c1.[N-]=C=S.[Ru+2]. The van der Waals surface area contributed by atoms with Crippen LogP contribution in [0.4, 0.5) is 61.5 Å². The molecule has 0 aliphatic carbocycles. The van der Waals surface area contributed by atoms with Gasteiger partial charge < -0.3 is 29.8 Å². The van der Waals surface area contributed by atoms with Gasteiger partial charge in [0, 0.05) is 29.9 Å². The molecule has 0 aliphatic rings. The largest absolute Gasteiger partial charge is 2.00 e. The maximum atomic E-state index is 14.3. The van der Waals surface area contributed by atoms with Gasteiger partial charge in [-0.2, -0.15) is 66.6 Å². The molecule has 0 amide bonds. The predicted molar refractivity (Wildman–Crippen MR) is 234 cm³/mol. The molecule has 390 valence electrons. The fourth-order valence-electron chi connectivity index (χ4n) is 5.70. The van der Waals surface area contributed by atoms with E-state index in [0.717, 1.165) is 34.8 Å². The Labute approximate surface area is 428 Å². The quantitative estimate of drug-likeness (QED) is 0.0151. The number of ether oxygens (including phenoxy) is 3. The minimum absolute atomic E-state index is 0. The third kappa shape index (κ3) is 15.1. The summed E-state index contributed by atoms with van der Waals surface area (Å²) in [6.07, 6.45) is -1.78. The Kier molecular flexibility index (Phi) is 21.4. The monoisotopic (exact) mass is 1180 g/mol. The Morgan fingerprint density at radius 1 is 0.608 bits per heavy atom. The summed E-state index contributed by atoms with van der Waals surface area (Å²) < 4.78 is 198. The van der Waals surface area contributed by atoms with Crippen LogP contribution in [-0.4, -0.2) is 79.5 Å². The number of isothiocyanates is 1. The van der Waals surface area contributed by atoms with Gasteiger partial charge in [0.05, 0.1) is 47.3 Å². The molecule has 0 N–H and O–H groups in total. The van der Waals surface area contributed by atoms with Crippen LogP contribution in [0.25, 0.3) is 68.2 Å². The molecule has 6 aromatic rings. The number of halogens is 14. The summed E-state index contributed by atoms with van der Waals surface area (Å²) in [5.74, 6) is -28.3. The topological polar surface area (TPSA) is 180 Å². The van der Waals surface area contributed by atoms with Gasteiger partial charge in [-0.3, -0.25) is 29.3 Å². The summed E-state index contributed by atoms with van der Waals surface area (Å²) in [6, 6.07) is 13.8. The van der Waals surface area contributed by atoms with Crippen molar-refractivity contribution in [2.75, 3.05) is 0 Å². The van der Waals surface area contributed by atoms with Gasteiger partial charge in [0.2, 0.25) is 0 Å². The van der Waals surface area contributed by atoms with Crippen molar-refractivity contribution >= 4 is 66.4 Å². The van der Waals surface area contributed by atoms with Gasteiger partial charge in [0.15, 0.2) is 0 Å². The maximum absolute atomic E-state index is 14.3. The van der Waals surface area contributed by atoms with Crippen LogP contribution >= 0.6 is 23.6 Å². The van der Waals surface area contributed by atoms with Crippen LogP contribution in [0.1, 0.15) is 27.9 Å². The molecule has 0 fully saturated rings. The zero-order valence-electron chi connectivity index (χ0n) is 36.0. The maximum Gasteiger partial charge on any atom is 2.00 e. The molecule has 0 radical (unpaired) electrons. The minimum Gasteiger partial charge on any atom is -0.753 e. The molecule has 0 saturated heterocycles. The van der Waals surface area contributed by atoms with E-state index >= 15 is 0 Å². The van der Waals surface area contributed by atoms with E-state index in [0.29, 0.717) is 71.2 Å². The molecule has 0 atom stereocenters. The molecule has 0 aliphatic heterocycles. The first-order chi connectivity index (χ1) is 34.3. The summed E-state index contributed by atoms with van der Waals surface area (Å²) in [5.41, 5.74) is 1.23. The molecule has 0 bridgehead atoms. The van der Waals surface area contributed by atoms with Crippen molar-refractivity contribution in [2.45, 2.75) is 42.5 Å². The fraction of sp³-hybridized carbons (Fsp3) is 0.159. The van der Waals surface area contributed by atoms with E-state index in [1.165, 1.54) is 23.9 Å². The van der Waals surface area contributed by atoms with Gasteiger partial charge in [-0.1, -0.05) is 17.9 Å². The number of aromatic nitrogens is 6. The Morgan fingerprint density at radius 3 is 1.53 bits per heavy atom. The number of thiophene rings is 1. The molecular weight excluding hydrogens is 1150 g/mol. The number of alkyl halides is 14. The van der Waals surface area contributed by atoms with E-state index in [4.69, 9.17) is 5.41 Å². The average Bonchev–Trinajstić information content (AvgIpc) is 4.03. The first kappa shape index (κ1) is 60.9. The van der Waals surface area contributed by atoms with Crippen molar-refractivity contribution in [3.63, 3.8) is 0 Å². The number of pyridine rings is 4. The summed E-state index contributed by atoms with van der Waals surface area (Å²) in [7, 11) is 0. The predicted octanol–water partition coefficient (Wildman–Crippen LogP) is 11.8. The van der Waals surface area contributed by atoms with Crippen LogP contribution in [0.5, 0.6) is 0 Å². The number of hydrogen-bond donors (Lipinski definition) is 0. The van der Waals surface area contributed by atoms with Crippen molar-refractivity contribution in [3.8, 4) is 44.6 Å². The molecule has 6 rings (SSSR count). The van der Waals surface area contributed by atoms with Crippen molar-refractivity contribution in [3.05, 3.63) is 137 Å². The van der Waals surface area contributed by atoms with Crippen LogP contribution in [0, 0.1) is 0 Å². The van der Waals surface area contributed by atoms with Crippen LogP contribution in [0.2, 0.25) is 0 Å². The van der Waals surface area contributed by atoms with Gasteiger partial charge in [0.1, 0.15) is 5.69 Å². The van der Waals surface area contributed by atoms with Crippen LogP contribution in [-0.2, 0) is 60.7 Å². The third-order valence-corrected chi connectivity index (χ3v) is 10.0. The van der Waals surface area contributed by atoms with Crippen molar-refractivity contribution in [1.82, 2.24) is 30.1 Å². The molecule has 13 nitrogen and oxygen atoms in total. The second kappa shape index (κ2) is 26.0. The minimum atomic E-state index is -7.53. The Hall–Kier alpha value is -7.42. The van der Waals surface area contributed by atoms with Crippen molar-refractivity contribution in [2.24, 2.45) is 0 Å². The number of carbonyl (C=O) groups excluding carboxylic acids is 3. The second-order valence-electron chi connectivity index (χ2n) is 13.7. The molecule has 0 aromatic carbocycles. The van der Waals surface area contributed by atoms with E-state index < -0.39 is 59.4 Å². The first-order valence-corrected chi connectivity index (χ1v) is 20.5. The summed E-state index contributed by atoms with van der Waals surface area (Å²) >= 11 is 4.25. The van der Waals surface area contributed by atoms with Gasteiger partial charge in [0.25, 0.3) is 19.4 Å². The number of nitrogens with zero attached hydrogens (tertiary/aromatic N) is 7. The molecule has 30 heteroatoms. The second-order valence-corrected chi connectivity index (χ2v) is 14.8. The standard InChI is InChI=1S/C24H17N3O6.C19H8F14N3S.CNS.Ru/c28-15-31-8-3-18-1-6-25-21(11-18)23-13-20(5-10-33-17-30)14-24(27-23)22-12-19(2-7-26-22)4-9-32-16-29;20-14(21,16(25,26)17(27,28)18(29,30)19(31,32)33)7-9-2-4-37-13(9)8-1-3-34-10(5-8)11-6-12(36-35-11)15(22,23)24;2-1-3;/h1-17H;1-6H,7H2;;/q;2*-1;+2/b8-3+,9-4+,10-5+;;;. The smallest absolute Gasteiger partial charge is 0.753 e. The molecule has 0 saturated carbocycles. The van der Waals surface area contributed by atoms with E-state index in [2.05, 4.69) is 56.6 Å². The molecule has 6 heterocycles. The molecule has 6 aromatic heterocycles. The van der Waals surface area contributed by atoms with Gasteiger partial charge in [-0.25, -0.2) is 4.98 Å². The Balaban J connectivity index is 0.000000368. The van der Waals surface area contributed by atoms with E-state index in [-0.39, 0.29) is 35.6 Å². The van der Waals surface area contributed by atoms with E-state index in [9.17, 15) is 75.8 Å². The number of thiocarbonyl (C=S) groups is 1. The average molecular weight is 1180 g/mol. The van der Waals surface area contributed by atoms with E-state index in [1.807, 2.05) is 0 Å². The first-order valence-electron chi connectivity index (χ1n) is 19.2. The summed E-state index contributed by atoms with van der Waals surface area (Å²) in [6.45, 7) is 0.965. The van der Waals surface area contributed by atoms with Crippen LogP contribution in [0.15, 0.2) is 103 Å².